The second kappa shape index (κ2) is 8.76. The minimum Gasteiger partial charge on any atom is -0.333 e. The van der Waals surface area contributed by atoms with Crippen molar-refractivity contribution in [3.05, 3.63) is 0 Å². The van der Waals surface area contributed by atoms with E-state index in [9.17, 15) is 9.59 Å². The molecular weight excluding hydrogens is 222 g/mol. The van der Waals surface area contributed by atoms with Crippen LogP contribution in [0.2, 0.25) is 0 Å². The molecule has 0 atom stereocenters. The molecule has 0 radical (unpaired) electrons. The minimum atomic E-state index is 0. The third-order valence-electron chi connectivity index (χ3n) is 2.89. The molecule has 96 valence electrons. The first-order valence-corrected chi connectivity index (χ1v) is 7.05. The Kier molecular flexibility index (Phi) is 8.57. The number of ketones is 2. The van der Waals surface area contributed by atoms with Gasteiger partial charge in [0.2, 0.25) is 0 Å². The van der Waals surface area contributed by atoms with Crippen LogP contribution in [0.1, 0.15) is 40.5 Å². The molecule has 0 aliphatic heterocycles. The largest absolute Gasteiger partial charge is 0.333 e. The van der Waals surface area contributed by atoms with E-state index in [1.54, 1.807) is 0 Å². The molecule has 0 aromatic carbocycles. The summed E-state index contributed by atoms with van der Waals surface area (Å²) in [7, 11) is 1.50. The maximum Gasteiger partial charge on any atom is 0.143 e. The van der Waals surface area contributed by atoms with Crippen molar-refractivity contribution >= 4 is 23.3 Å². The fraction of sp³-hybridized carbons (Fsp3) is 0.833. The second-order valence-electron chi connectivity index (χ2n) is 4.05. The van der Waals surface area contributed by atoms with E-state index in [-0.39, 0.29) is 25.3 Å². The van der Waals surface area contributed by atoms with Crippen LogP contribution < -0.4 is 5.73 Å². The Labute approximate surface area is 104 Å². The summed E-state index contributed by atoms with van der Waals surface area (Å²) in [5, 5.41) is 0.733. The van der Waals surface area contributed by atoms with E-state index in [1.165, 1.54) is 14.0 Å². The van der Waals surface area contributed by atoms with Crippen LogP contribution in [-0.4, -0.2) is 30.1 Å². The third kappa shape index (κ3) is 5.66. The van der Waals surface area contributed by atoms with Crippen molar-refractivity contribution in [3.63, 3.8) is 0 Å². The molecule has 0 heterocycles. The molecule has 3 nitrogen and oxygen atoms in total. The number of rotatable bonds is 4. The number of nitrogens with two attached hydrogens (primary N) is 1. The van der Waals surface area contributed by atoms with Gasteiger partial charge in [-0.05, 0) is 45.9 Å². The van der Waals surface area contributed by atoms with E-state index in [0.717, 1.165) is 30.9 Å². The molecule has 1 rings (SSSR count). The first kappa shape index (κ1) is 15.7. The van der Waals surface area contributed by atoms with Crippen LogP contribution in [0.15, 0.2) is 0 Å². The Bertz CT molecular complexity index is 229. The number of hydrogen-bond acceptors (Lipinski definition) is 4. The van der Waals surface area contributed by atoms with Gasteiger partial charge in [-0.2, -0.15) is 11.8 Å². The van der Waals surface area contributed by atoms with Gasteiger partial charge in [-0.3, -0.25) is 9.59 Å². The lowest BCUT2D eigenvalue weighted by Gasteiger charge is -2.26. The summed E-state index contributed by atoms with van der Waals surface area (Å²) in [5.41, 5.74) is 4.50. The summed E-state index contributed by atoms with van der Waals surface area (Å²) < 4.78 is 0. The SMILES string of the molecule is CN.CSC1CCC(C(=O)CC(C)=O)CC1.[HH]. The van der Waals surface area contributed by atoms with Gasteiger partial charge in [0.15, 0.2) is 0 Å². The maximum absolute atomic E-state index is 11.6. The average Bonchev–Trinajstić information content (AvgIpc) is 2.31. The lowest BCUT2D eigenvalue weighted by atomic mass is 9.84. The van der Waals surface area contributed by atoms with E-state index >= 15 is 0 Å². The van der Waals surface area contributed by atoms with Gasteiger partial charge in [-0.15, -0.1) is 0 Å². The smallest absolute Gasteiger partial charge is 0.143 e. The summed E-state index contributed by atoms with van der Waals surface area (Å²) >= 11 is 1.90. The van der Waals surface area contributed by atoms with Crippen LogP contribution in [-0.2, 0) is 9.59 Å². The zero-order chi connectivity index (χ0) is 12.6. The topological polar surface area (TPSA) is 60.2 Å². The highest BCUT2D eigenvalue weighted by Crippen LogP contribution is 2.31. The van der Waals surface area contributed by atoms with Crippen LogP contribution in [0.5, 0.6) is 0 Å². The maximum atomic E-state index is 11.6. The first-order chi connectivity index (χ1) is 7.63. The molecule has 1 aliphatic rings. The van der Waals surface area contributed by atoms with Crippen LogP contribution in [0.25, 0.3) is 0 Å². The van der Waals surface area contributed by atoms with Gasteiger partial charge in [0.1, 0.15) is 11.6 Å². The molecule has 0 unspecified atom stereocenters. The van der Waals surface area contributed by atoms with Gasteiger partial charge in [-0.25, -0.2) is 0 Å². The standard InChI is InChI=1S/C11H18O2S.CH5N.H2/c1-8(12)7-11(13)9-3-5-10(14-2)6-4-9;1-2;/h9-10H,3-7H2,1-2H3;2H2,1H3;1H. The molecule has 1 aliphatic carbocycles. The molecule has 0 spiro atoms. The fourth-order valence-corrected chi connectivity index (χ4v) is 2.75. The molecule has 0 bridgehead atoms. The molecule has 0 aromatic rings. The predicted octanol–water partition coefficient (Wildman–Crippen LogP) is 2.28. The van der Waals surface area contributed by atoms with Crippen molar-refractivity contribution in [3.8, 4) is 0 Å². The second-order valence-corrected chi connectivity index (χ2v) is 5.19. The van der Waals surface area contributed by atoms with Gasteiger partial charge < -0.3 is 5.73 Å². The monoisotopic (exact) mass is 247 g/mol. The zero-order valence-electron chi connectivity index (χ0n) is 10.5. The van der Waals surface area contributed by atoms with E-state index in [2.05, 4.69) is 12.0 Å². The highest BCUT2D eigenvalue weighted by molar-refractivity contribution is 7.99. The molecule has 4 heteroatoms. The molecule has 2 N–H and O–H groups in total. The number of thioether (sulfide) groups is 1. The van der Waals surface area contributed by atoms with Gasteiger partial charge in [0, 0.05) is 12.6 Å². The zero-order valence-corrected chi connectivity index (χ0v) is 11.3. The Balaban J connectivity index is 0. The highest BCUT2D eigenvalue weighted by Gasteiger charge is 2.25. The van der Waals surface area contributed by atoms with Crippen molar-refractivity contribution in [2.75, 3.05) is 13.3 Å². The Morgan fingerprint density at radius 1 is 1.25 bits per heavy atom. The Morgan fingerprint density at radius 3 is 2.12 bits per heavy atom. The van der Waals surface area contributed by atoms with E-state index < -0.39 is 0 Å². The van der Waals surface area contributed by atoms with Crippen molar-refractivity contribution in [2.45, 2.75) is 44.3 Å². The molecule has 1 saturated carbocycles. The van der Waals surface area contributed by atoms with Gasteiger partial charge in [-0.1, -0.05) is 0 Å². The number of carbonyl (C=O) groups excluding carboxylic acids is 2. The Hall–Kier alpha value is -0.350. The number of Topliss-reactive ketones (excluding diaryl/α,β-unsaturated/α-hetero) is 2. The molecule has 0 saturated heterocycles. The van der Waals surface area contributed by atoms with Crippen molar-refractivity contribution < 1.29 is 11.0 Å². The van der Waals surface area contributed by atoms with Gasteiger partial charge in [0.05, 0.1) is 6.42 Å². The normalized spacial score (nSPS) is 24.2. The van der Waals surface area contributed by atoms with E-state index in [0.29, 0.717) is 0 Å². The van der Waals surface area contributed by atoms with E-state index in [1.807, 2.05) is 11.8 Å². The summed E-state index contributed by atoms with van der Waals surface area (Å²) in [6, 6.07) is 0. The Morgan fingerprint density at radius 2 is 1.75 bits per heavy atom. The van der Waals surface area contributed by atoms with Crippen LogP contribution in [0.3, 0.4) is 0 Å². The van der Waals surface area contributed by atoms with Crippen LogP contribution >= 0.6 is 11.8 Å². The summed E-state index contributed by atoms with van der Waals surface area (Å²) in [6.07, 6.45) is 6.51. The van der Waals surface area contributed by atoms with Crippen molar-refractivity contribution in [2.24, 2.45) is 11.7 Å². The molecule has 1 fully saturated rings. The average molecular weight is 247 g/mol. The van der Waals surface area contributed by atoms with Crippen molar-refractivity contribution in [1.29, 1.82) is 0 Å². The fourth-order valence-electron chi connectivity index (χ4n) is 2.01. The highest BCUT2D eigenvalue weighted by atomic mass is 32.2. The summed E-state index contributed by atoms with van der Waals surface area (Å²) in [4.78, 5) is 22.4. The number of hydrogen-bond donors (Lipinski definition) is 1. The summed E-state index contributed by atoms with van der Waals surface area (Å²) in [6.45, 7) is 1.49. The van der Waals surface area contributed by atoms with Crippen molar-refractivity contribution in [1.82, 2.24) is 0 Å². The van der Waals surface area contributed by atoms with Gasteiger partial charge in [0.25, 0.3) is 0 Å². The third-order valence-corrected chi connectivity index (χ3v) is 4.02. The van der Waals surface area contributed by atoms with E-state index in [4.69, 9.17) is 0 Å². The number of carbonyl (C=O) groups is 2. The quantitative estimate of drug-likeness (QED) is 0.774. The summed E-state index contributed by atoms with van der Waals surface area (Å²) in [5.74, 6) is 0.335. The first-order valence-electron chi connectivity index (χ1n) is 5.76. The van der Waals surface area contributed by atoms with Gasteiger partial charge >= 0.3 is 0 Å². The lowest BCUT2D eigenvalue weighted by molar-refractivity contribution is -0.129. The van der Waals surface area contributed by atoms with Crippen LogP contribution in [0, 0.1) is 5.92 Å². The minimum absolute atomic E-state index is 0. The molecule has 0 amide bonds. The predicted molar refractivity (Wildman–Crippen MR) is 71.8 cm³/mol. The van der Waals surface area contributed by atoms with Crippen LogP contribution in [0.4, 0.5) is 0 Å². The molecular formula is C12H25NO2S. The lowest BCUT2D eigenvalue weighted by Crippen LogP contribution is -2.24. The molecule has 0 aromatic heterocycles. The molecule has 16 heavy (non-hydrogen) atoms.